The number of halogens is 2. The molecule has 1 saturated heterocycles. The first kappa shape index (κ1) is 16.7. The summed E-state index contributed by atoms with van der Waals surface area (Å²) in [6, 6.07) is 3.86. The van der Waals surface area contributed by atoms with Crippen molar-refractivity contribution in [3.05, 3.63) is 35.4 Å². The van der Waals surface area contributed by atoms with Crippen LogP contribution in [0.3, 0.4) is 0 Å². The van der Waals surface area contributed by atoms with Crippen molar-refractivity contribution in [1.82, 2.24) is 10.6 Å². The zero-order valence-electron chi connectivity index (χ0n) is 12.5. The molecule has 2 rings (SSSR count). The molecule has 0 spiro atoms. The van der Waals surface area contributed by atoms with Crippen molar-refractivity contribution in [2.75, 3.05) is 19.8 Å². The van der Waals surface area contributed by atoms with Gasteiger partial charge in [0.25, 0.3) is 0 Å². The zero-order valence-corrected chi connectivity index (χ0v) is 12.5. The summed E-state index contributed by atoms with van der Waals surface area (Å²) in [6.45, 7) is 1.90. The number of carbonyl (C=O) groups excluding carboxylic acids is 1. The van der Waals surface area contributed by atoms with Gasteiger partial charge in [-0.2, -0.15) is 0 Å². The number of hydrogen-bond donors (Lipinski definition) is 2. The topological polar surface area (TPSA) is 50.4 Å². The fourth-order valence-electron chi connectivity index (χ4n) is 2.44. The van der Waals surface area contributed by atoms with E-state index in [1.54, 1.807) is 6.07 Å². The van der Waals surface area contributed by atoms with Crippen molar-refractivity contribution in [1.29, 1.82) is 0 Å². The van der Waals surface area contributed by atoms with Gasteiger partial charge in [0.1, 0.15) is 0 Å². The standard InChI is InChI=1S/C16H22F2N2O2/c17-14-7-6-12(10-15(14)18)4-1-2-8-19-16(21)20-13-5-3-9-22-11-13/h6-7,10,13H,1-5,8-9,11H2,(H2,19,20,21)/t13-/m0/s1. The molecule has 6 heteroatoms. The van der Waals surface area contributed by atoms with Crippen molar-refractivity contribution >= 4 is 6.03 Å². The number of carbonyl (C=O) groups is 1. The Morgan fingerprint density at radius 2 is 2.14 bits per heavy atom. The van der Waals surface area contributed by atoms with E-state index in [-0.39, 0.29) is 12.1 Å². The lowest BCUT2D eigenvalue weighted by molar-refractivity contribution is 0.0732. The number of benzene rings is 1. The minimum absolute atomic E-state index is 0.0935. The van der Waals surface area contributed by atoms with Gasteiger partial charge >= 0.3 is 6.03 Å². The molecule has 1 fully saturated rings. The van der Waals surface area contributed by atoms with Gasteiger partial charge in [0.05, 0.1) is 12.6 Å². The molecule has 122 valence electrons. The Labute approximate surface area is 129 Å². The first-order valence-electron chi connectivity index (χ1n) is 7.71. The van der Waals surface area contributed by atoms with Crippen LogP contribution in [0, 0.1) is 11.6 Å². The van der Waals surface area contributed by atoms with Crippen LogP contribution in [0.25, 0.3) is 0 Å². The second-order valence-corrected chi connectivity index (χ2v) is 5.52. The molecule has 1 atom stereocenters. The third kappa shape index (κ3) is 5.60. The third-order valence-corrected chi connectivity index (χ3v) is 3.66. The Morgan fingerprint density at radius 3 is 2.86 bits per heavy atom. The lowest BCUT2D eigenvalue weighted by Crippen LogP contribution is -2.45. The molecule has 4 nitrogen and oxygen atoms in total. The van der Waals surface area contributed by atoms with Crippen LogP contribution in [0.4, 0.5) is 13.6 Å². The molecule has 1 aliphatic rings. The average molecular weight is 312 g/mol. The van der Waals surface area contributed by atoms with E-state index < -0.39 is 11.6 Å². The lowest BCUT2D eigenvalue weighted by Gasteiger charge is -2.23. The predicted octanol–water partition coefficient (Wildman–Crippen LogP) is 2.77. The fourth-order valence-corrected chi connectivity index (χ4v) is 2.44. The minimum atomic E-state index is -0.825. The maximum absolute atomic E-state index is 13.0. The number of rotatable bonds is 6. The molecular formula is C16H22F2N2O2. The van der Waals surface area contributed by atoms with Gasteiger partial charge in [0.2, 0.25) is 0 Å². The van der Waals surface area contributed by atoms with E-state index >= 15 is 0 Å². The van der Waals surface area contributed by atoms with E-state index in [0.29, 0.717) is 19.6 Å². The first-order valence-corrected chi connectivity index (χ1v) is 7.71. The highest BCUT2D eigenvalue weighted by Gasteiger charge is 2.15. The van der Waals surface area contributed by atoms with Gasteiger partial charge in [-0.25, -0.2) is 13.6 Å². The second kappa shape index (κ2) is 8.68. The highest BCUT2D eigenvalue weighted by Crippen LogP contribution is 2.11. The molecule has 0 saturated carbocycles. The number of urea groups is 1. The summed E-state index contributed by atoms with van der Waals surface area (Å²) in [4.78, 5) is 11.7. The van der Waals surface area contributed by atoms with Crippen LogP contribution in [0.2, 0.25) is 0 Å². The molecule has 0 aliphatic carbocycles. The van der Waals surface area contributed by atoms with E-state index in [1.807, 2.05) is 0 Å². The SMILES string of the molecule is O=C(NCCCCc1ccc(F)c(F)c1)N[C@H]1CCCOC1. The summed E-state index contributed by atoms with van der Waals surface area (Å²) in [5, 5.41) is 5.67. The normalized spacial score (nSPS) is 18.0. The zero-order chi connectivity index (χ0) is 15.8. The Morgan fingerprint density at radius 1 is 1.27 bits per heavy atom. The van der Waals surface area contributed by atoms with Gasteiger partial charge in [-0.15, -0.1) is 0 Å². The van der Waals surface area contributed by atoms with Gasteiger partial charge in [-0.3, -0.25) is 0 Å². The maximum Gasteiger partial charge on any atom is 0.315 e. The molecule has 0 bridgehead atoms. The number of nitrogens with one attached hydrogen (secondary N) is 2. The smallest absolute Gasteiger partial charge is 0.315 e. The molecule has 2 amide bonds. The maximum atomic E-state index is 13.0. The molecule has 1 aliphatic heterocycles. The summed E-state index contributed by atoms with van der Waals surface area (Å²) in [5.41, 5.74) is 0.766. The van der Waals surface area contributed by atoms with Crippen LogP contribution >= 0.6 is 0 Å². The molecular weight excluding hydrogens is 290 g/mol. The first-order chi connectivity index (χ1) is 10.6. The van der Waals surface area contributed by atoms with E-state index in [1.165, 1.54) is 6.07 Å². The molecule has 0 aromatic heterocycles. The summed E-state index contributed by atoms with van der Waals surface area (Å²) in [7, 11) is 0. The van der Waals surface area contributed by atoms with E-state index in [4.69, 9.17) is 4.74 Å². The monoisotopic (exact) mass is 312 g/mol. The van der Waals surface area contributed by atoms with Crippen LogP contribution in [0.15, 0.2) is 18.2 Å². The van der Waals surface area contributed by atoms with Gasteiger partial charge in [-0.1, -0.05) is 6.07 Å². The molecule has 1 aromatic rings. The van der Waals surface area contributed by atoms with Crippen LogP contribution in [0.5, 0.6) is 0 Å². The highest BCUT2D eigenvalue weighted by atomic mass is 19.2. The molecule has 0 radical (unpaired) electrons. The largest absolute Gasteiger partial charge is 0.379 e. The van der Waals surface area contributed by atoms with Crippen LogP contribution in [-0.4, -0.2) is 31.8 Å². The van der Waals surface area contributed by atoms with Crippen LogP contribution in [-0.2, 0) is 11.2 Å². The Kier molecular flexibility index (Phi) is 6.58. The third-order valence-electron chi connectivity index (χ3n) is 3.66. The number of unbranched alkanes of at least 4 members (excludes halogenated alkanes) is 1. The summed E-state index contributed by atoms with van der Waals surface area (Å²) < 4.78 is 31.1. The van der Waals surface area contributed by atoms with Gasteiger partial charge in [-0.05, 0) is 49.8 Å². The number of ether oxygens (including phenoxy) is 1. The summed E-state index contributed by atoms with van der Waals surface area (Å²) in [5.74, 6) is -1.64. The highest BCUT2D eigenvalue weighted by molar-refractivity contribution is 5.74. The van der Waals surface area contributed by atoms with Crippen molar-refractivity contribution in [2.45, 2.75) is 38.1 Å². The van der Waals surface area contributed by atoms with Crippen molar-refractivity contribution in [3.8, 4) is 0 Å². The Hall–Kier alpha value is -1.69. The molecule has 2 N–H and O–H groups in total. The average Bonchev–Trinajstić information content (AvgIpc) is 2.51. The van der Waals surface area contributed by atoms with E-state index in [2.05, 4.69) is 10.6 Å². The molecule has 22 heavy (non-hydrogen) atoms. The molecule has 1 heterocycles. The fraction of sp³-hybridized carbons (Fsp3) is 0.562. The van der Waals surface area contributed by atoms with Crippen molar-refractivity contribution < 1.29 is 18.3 Å². The molecule has 1 aromatic carbocycles. The van der Waals surface area contributed by atoms with E-state index in [0.717, 1.165) is 43.9 Å². The Balaban J connectivity index is 1.56. The Bertz CT molecular complexity index is 491. The minimum Gasteiger partial charge on any atom is -0.379 e. The van der Waals surface area contributed by atoms with E-state index in [9.17, 15) is 13.6 Å². The lowest BCUT2D eigenvalue weighted by atomic mass is 10.1. The van der Waals surface area contributed by atoms with Gasteiger partial charge in [0, 0.05) is 13.2 Å². The second-order valence-electron chi connectivity index (χ2n) is 5.52. The quantitative estimate of drug-likeness (QED) is 0.794. The summed E-state index contributed by atoms with van der Waals surface area (Å²) >= 11 is 0. The number of amides is 2. The van der Waals surface area contributed by atoms with Crippen LogP contribution in [0.1, 0.15) is 31.2 Å². The summed E-state index contributed by atoms with van der Waals surface area (Å²) in [6.07, 6.45) is 4.17. The van der Waals surface area contributed by atoms with Gasteiger partial charge < -0.3 is 15.4 Å². The van der Waals surface area contributed by atoms with Crippen molar-refractivity contribution in [3.63, 3.8) is 0 Å². The number of aryl methyl sites for hydroxylation is 1. The predicted molar refractivity (Wildman–Crippen MR) is 79.7 cm³/mol. The van der Waals surface area contributed by atoms with Crippen LogP contribution < -0.4 is 10.6 Å². The van der Waals surface area contributed by atoms with Crippen molar-refractivity contribution in [2.24, 2.45) is 0 Å². The number of hydrogen-bond acceptors (Lipinski definition) is 2. The molecule has 0 unspecified atom stereocenters. The van der Waals surface area contributed by atoms with Gasteiger partial charge in [0.15, 0.2) is 11.6 Å².